The number of Topliss-reactive ketones (excluding diaryl/α,β-unsaturated/α-hetero) is 1. The summed E-state index contributed by atoms with van der Waals surface area (Å²) in [7, 11) is 1.39. The molecule has 1 N–H and O–H groups in total. The molecule has 34 heavy (non-hydrogen) atoms. The van der Waals surface area contributed by atoms with Gasteiger partial charge >= 0.3 is 0 Å². The summed E-state index contributed by atoms with van der Waals surface area (Å²) >= 11 is 1.61. The van der Waals surface area contributed by atoms with Crippen LogP contribution in [0.15, 0.2) is 52.9 Å². The number of fused-ring (bicyclic) bond motifs is 1. The fourth-order valence-corrected chi connectivity index (χ4v) is 4.56. The average molecular weight is 493 g/mol. The Morgan fingerprint density at radius 2 is 1.76 bits per heavy atom. The lowest BCUT2D eigenvalue weighted by atomic mass is 10.1. The van der Waals surface area contributed by atoms with Gasteiger partial charge in [0.15, 0.2) is 17.3 Å². The summed E-state index contributed by atoms with van der Waals surface area (Å²) in [6.07, 6.45) is 0.0595. The van der Waals surface area contributed by atoms with Crippen LogP contribution in [0.3, 0.4) is 0 Å². The van der Waals surface area contributed by atoms with Gasteiger partial charge in [0.05, 0.1) is 14.2 Å². The van der Waals surface area contributed by atoms with Crippen molar-refractivity contribution in [2.45, 2.75) is 32.5 Å². The molecule has 176 valence electrons. The van der Waals surface area contributed by atoms with Crippen LogP contribution in [0.1, 0.15) is 28.8 Å². The van der Waals surface area contributed by atoms with Gasteiger partial charge in [-0.3, -0.25) is 9.59 Å². The van der Waals surface area contributed by atoms with Gasteiger partial charge in [-0.25, -0.2) is 5.43 Å². The predicted molar refractivity (Wildman–Crippen MR) is 141 cm³/mol. The first-order valence-corrected chi connectivity index (χ1v) is 15.2. The number of benzene rings is 2. The van der Waals surface area contributed by atoms with Gasteiger partial charge in [-0.2, -0.15) is 5.10 Å². The monoisotopic (exact) mass is 492 g/mol. The molecule has 0 aliphatic rings. The van der Waals surface area contributed by atoms with E-state index in [0.29, 0.717) is 22.8 Å². The fourth-order valence-electron chi connectivity index (χ4n) is 3.12. The minimum Gasteiger partial charge on any atom is -0.493 e. The molecular formula is C26H28N2O4SSi. The van der Waals surface area contributed by atoms with Crippen molar-refractivity contribution in [3.63, 3.8) is 0 Å². The maximum absolute atomic E-state index is 12.6. The van der Waals surface area contributed by atoms with Crippen LogP contribution >= 0.6 is 11.3 Å². The molecule has 8 heteroatoms. The lowest BCUT2D eigenvalue weighted by Crippen LogP contribution is -2.21. The zero-order valence-electron chi connectivity index (χ0n) is 20.0. The second-order valence-corrected chi connectivity index (χ2v) is 14.3. The van der Waals surface area contributed by atoms with Crippen molar-refractivity contribution in [2.24, 2.45) is 5.10 Å². The summed E-state index contributed by atoms with van der Waals surface area (Å²) in [4.78, 5) is 25.1. The molecule has 0 atom stereocenters. The van der Waals surface area contributed by atoms with Crippen molar-refractivity contribution in [1.82, 2.24) is 5.43 Å². The van der Waals surface area contributed by atoms with E-state index in [1.807, 2.05) is 29.6 Å². The molecule has 6 nitrogen and oxygen atoms in total. The maximum atomic E-state index is 12.6. The Labute approximate surface area is 205 Å². The zero-order chi connectivity index (χ0) is 24.7. The SMILES string of the molecule is COc1ccc(C(=O)CCC(=O)N/N=C(\C#C[Si](C)(C)C)c2csc3ccccc23)cc1OC. The van der Waals surface area contributed by atoms with Crippen molar-refractivity contribution in [1.29, 1.82) is 0 Å². The second-order valence-electron chi connectivity index (χ2n) is 8.63. The van der Waals surface area contributed by atoms with Crippen LogP contribution in [0, 0.1) is 11.5 Å². The smallest absolute Gasteiger partial charge is 0.240 e. The molecule has 0 spiro atoms. The van der Waals surface area contributed by atoms with Crippen molar-refractivity contribution in [3.8, 4) is 23.0 Å². The van der Waals surface area contributed by atoms with Crippen LogP contribution in [0.25, 0.3) is 10.1 Å². The molecule has 0 bridgehead atoms. The Morgan fingerprint density at radius 3 is 2.47 bits per heavy atom. The summed E-state index contributed by atoms with van der Waals surface area (Å²) in [5.74, 6) is 3.68. The summed E-state index contributed by atoms with van der Waals surface area (Å²) in [5.41, 5.74) is 7.80. The number of nitrogens with one attached hydrogen (secondary N) is 1. The molecule has 0 fully saturated rings. The average Bonchev–Trinajstić information content (AvgIpc) is 3.25. The number of methoxy groups -OCH3 is 2. The van der Waals surface area contributed by atoms with Gasteiger partial charge in [0.2, 0.25) is 5.91 Å². The summed E-state index contributed by atoms with van der Waals surface area (Å²) < 4.78 is 11.6. The van der Waals surface area contributed by atoms with Gasteiger partial charge < -0.3 is 9.47 Å². The Bertz CT molecular complexity index is 1300. The highest BCUT2D eigenvalue weighted by Gasteiger charge is 2.15. The summed E-state index contributed by atoms with van der Waals surface area (Å²) in [5, 5.41) is 7.40. The third-order valence-electron chi connectivity index (χ3n) is 4.87. The molecule has 0 saturated heterocycles. The lowest BCUT2D eigenvalue weighted by Gasteiger charge is -2.09. The lowest BCUT2D eigenvalue weighted by molar-refractivity contribution is -0.121. The minimum atomic E-state index is -1.65. The van der Waals surface area contributed by atoms with E-state index >= 15 is 0 Å². The van der Waals surface area contributed by atoms with Crippen LogP contribution in [0.4, 0.5) is 0 Å². The first kappa shape index (κ1) is 25.2. The van der Waals surface area contributed by atoms with E-state index in [1.165, 1.54) is 14.2 Å². The second kappa shape index (κ2) is 11.1. The van der Waals surface area contributed by atoms with Gasteiger partial charge in [-0.1, -0.05) is 43.8 Å². The highest BCUT2D eigenvalue weighted by atomic mass is 32.1. The molecule has 1 aromatic heterocycles. The summed E-state index contributed by atoms with van der Waals surface area (Å²) in [6.45, 7) is 6.46. The van der Waals surface area contributed by atoms with Crippen molar-refractivity contribution in [3.05, 3.63) is 59.0 Å². The predicted octanol–water partition coefficient (Wildman–Crippen LogP) is 5.28. The molecule has 2 aromatic carbocycles. The number of ketones is 1. The highest BCUT2D eigenvalue weighted by Crippen LogP contribution is 2.28. The minimum absolute atomic E-state index is 0.00971. The molecule has 0 unspecified atom stereocenters. The molecule has 1 heterocycles. The fraction of sp³-hybridized carbons (Fsp3) is 0.269. The topological polar surface area (TPSA) is 77.0 Å². The molecule has 1 amide bonds. The van der Waals surface area contributed by atoms with Gasteiger partial charge in [0, 0.05) is 39.4 Å². The number of carbonyl (C=O) groups excluding carboxylic acids is 2. The standard InChI is InChI=1S/C26H28N2O4SSi/c1-31-23-12-10-18(16-24(23)32-2)22(29)11-13-26(30)28-27-21(14-15-34(3,4)5)20-17-33-25-9-7-6-8-19(20)25/h6-10,12,16-17H,11,13H2,1-5H3,(H,28,30)/b27-21+. The van der Waals surface area contributed by atoms with Crippen molar-refractivity contribution in [2.75, 3.05) is 14.2 Å². The number of carbonyl (C=O) groups is 2. The quantitative estimate of drug-likeness (QED) is 0.153. The van der Waals surface area contributed by atoms with Crippen LogP contribution in [-0.2, 0) is 4.79 Å². The largest absolute Gasteiger partial charge is 0.493 e. The van der Waals surface area contributed by atoms with E-state index in [-0.39, 0.29) is 24.5 Å². The number of hydrazone groups is 1. The highest BCUT2D eigenvalue weighted by molar-refractivity contribution is 7.17. The van der Waals surface area contributed by atoms with Crippen LogP contribution in [0.2, 0.25) is 19.6 Å². The van der Waals surface area contributed by atoms with Gasteiger partial charge in [-0.15, -0.1) is 16.9 Å². The van der Waals surface area contributed by atoms with E-state index in [9.17, 15) is 9.59 Å². The van der Waals surface area contributed by atoms with E-state index < -0.39 is 8.07 Å². The van der Waals surface area contributed by atoms with Crippen molar-refractivity contribution < 1.29 is 19.1 Å². The van der Waals surface area contributed by atoms with Crippen molar-refractivity contribution >= 4 is 46.9 Å². The van der Waals surface area contributed by atoms with E-state index in [2.05, 4.69) is 41.6 Å². The number of ether oxygens (including phenoxy) is 2. The number of amides is 1. The van der Waals surface area contributed by atoms with E-state index in [1.54, 1.807) is 29.5 Å². The number of hydrogen-bond donors (Lipinski definition) is 1. The van der Waals surface area contributed by atoms with Gasteiger partial charge in [0.1, 0.15) is 13.8 Å². The summed E-state index contributed by atoms with van der Waals surface area (Å²) in [6, 6.07) is 13.0. The Morgan fingerprint density at radius 1 is 1.03 bits per heavy atom. The Hall–Kier alpha value is -3.41. The molecule has 0 aliphatic heterocycles. The first-order chi connectivity index (χ1) is 16.2. The van der Waals surface area contributed by atoms with Crippen LogP contribution in [-0.4, -0.2) is 39.7 Å². The molecule has 0 aliphatic carbocycles. The van der Waals surface area contributed by atoms with Crippen LogP contribution < -0.4 is 14.9 Å². The molecule has 3 aromatic rings. The number of rotatable bonds is 8. The number of thiophene rings is 1. The molecule has 0 radical (unpaired) electrons. The van der Waals surface area contributed by atoms with E-state index in [0.717, 1.165) is 15.6 Å². The third-order valence-corrected chi connectivity index (χ3v) is 6.71. The van der Waals surface area contributed by atoms with Gasteiger partial charge in [-0.05, 0) is 24.3 Å². The third kappa shape index (κ3) is 6.56. The van der Waals surface area contributed by atoms with Gasteiger partial charge in [0.25, 0.3) is 0 Å². The Kier molecular flexibility index (Phi) is 8.26. The molecule has 3 rings (SSSR count). The molecular weight excluding hydrogens is 464 g/mol. The molecule has 0 saturated carbocycles. The maximum Gasteiger partial charge on any atom is 0.240 e. The Balaban J connectivity index is 1.73. The number of hydrogen-bond acceptors (Lipinski definition) is 6. The normalized spacial score (nSPS) is 11.5. The van der Waals surface area contributed by atoms with E-state index in [4.69, 9.17) is 9.47 Å². The number of nitrogens with zero attached hydrogens (tertiary/aromatic N) is 1. The zero-order valence-corrected chi connectivity index (χ0v) is 21.8. The van der Waals surface area contributed by atoms with Crippen LogP contribution in [0.5, 0.6) is 11.5 Å². The first-order valence-electron chi connectivity index (χ1n) is 10.8.